The maximum Gasteiger partial charge on any atom is 0.349 e. The third-order valence-electron chi connectivity index (χ3n) is 1.59. The number of hydrazone groups is 1. The van der Waals surface area contributed by atoms with E-state index in [1.165, 1.54) is 11.8 Å². The lowest BCUT2D eigenvalue weighted by molar-refractivity contribution is 0.241. The first kappa shape index (κ1) is 10.2. The fourth-order valence-electron chi connectivity index (χ4n) is 0.850. The van der Waals surface area contributed by atoms with Crippen molar-refractivity contribution < 1.29 is 4.79 Å². The van der Waals surface area contributed by atoms with E-state index < -0.39 is 6.03 Å². The number of rotatable bonds is 2. The van der Waals surface area contributed by atoms with Gasteiger partial charge in [-0.2, -0.15) is 5.10 Å². The minimum Gasteiger partial charge on any atom is -0.274 e. The Hall–Kier alpha value is -1.88. The second kappa shape index (κ2) is 4.98. The highest BCUT2D eigenvalue weighted by atomic mass is 16.2. The SMILES string of the molecule is Cc1ccc(/C=N\NC(=O)NN)cc1. The molecular formula is C9H12N4O. The van der Waals surface area contributed by atoms with Crippen molar-refractivity contribution in [1.29, 1.82) is 0 Å². The quantitative estimate of drug-likeness (QED) is 0.276. The molecule has 0 bridgehead atoms. The number of nitrogens with zero attached hydrogens (tertiary/aromatic N) is 1. The number of aryl methyl sites for hydroxylation is 1. The molecule has 14 heavy (non-hydrogen) atoms. The van der Waals surface area contributed by atoms with E-state index in [-0.39, 0.29) is 0 Å². The second-order valence-electron chi connectivity index (χ2n) is 2.75. The Labute approximate surface area is 82.0 Å². The van der Waals surface area contributed by atoms with Gasteiger partial charge in [0.05, 0.1) is 6.21 Å². The number of carbonyl (C=O) groups excluding carboxylic acids is 1. The number of hydrazine groups is 1. The van der Waals surface area contributed by atoms with Crippen molar-refractivity contribution in [3.05, 3.63) is 35.4 Å². The van der Waals surface area contributed by atoms with Gasteiger partial charge in [-0.3, -0.25) is 5.43 Å². The normalized spacial score (nSPS) is 10.1. The first-order valence-corrected chi connectivity index (χ1v) is 4.08. The van der Waals surface area contributed by atoms with Crippen LogP contribution in [0.15, 0.2) is 29.4 Å². The van der Waals surface area contributed by atoms with Gasteiger partial charge in [-0.1, -0.05) is 29.8 Å². The monoisotopic (exact) mass is 192 g/mol. The molecule has 1 rings (SSSR count). The molecule has 0 aromatic heterocycles. The Kier molecular flexibility index (Phi) is 3.63. The molecule has 1 aromatic carbocycles. The van der Waals surface area contributed by atoms with Gasteiger partial charge in [0.25, 0.3) is 0 Å². The standard InChI is InChI=1S/C9H12N4O/c1-7-2-4-8(5-3-7)6-11-13-9(14)12-10/h2-6H,10H2,1H3,(H2,12,13,14)/b11-6-. The molecular weight excluding hydrogens is 180 g/mol. The van der Waals surface area contributed by atoms with Crippen LogP contribution in [0, 0.1) is 6.92 Å². The zero-order valence-corrected chi connectivity index (χ0v) is 7.82. The molecule has 5 nitrogen and oxygen atoms in total. The molecule has 5 heteroatoms. The van der Waals surface area contributed by atoms with Crippen molar-refractivity contribution in [2.45, 2.75) is 6.92 Å². The van der Waals surface area contributed by atoms with E-state index >= 15 is 0 Å². The van der Waals surface area contributed by atoms with Crippen LogP contribution in [-0.4, -0.2) is 12.2 Å². The summed E-state index contributed by atoms with van der Waals surface area (Å²) in [5.41, 5.74) is 6.17. The van der Waals surface area contributed by atoms with Crippen LogP contribution in [0.5, 0.6) is 0 Å². The molecule has 0 atom stereocenters. The van der Waals surface area contributed by atoms with E-state index in [4.69, 9.17) is 5.84 Å². The number of nitrogens with one attached hydrogen (secondary N) is 2. The molecule has 1 aromatic rings. The number of benzene rings is 1. The Morgan fingerprint density at radius 2 is 2.07 bits per heavy atom. The molecule has 0 unspecified atom stereocenters. The summed E-state index contributed by atoms with van der Waals surface area (Å²) in [6, 6.07) is 7.18. The molecule has 0 aliphatic heterocycles. The van der Waals surface area contributed by atoms with E-state index in [1.54, 1.807) is 0 Å². The molecule has 0 saturated heterocycles. The van der Waals surface area contributed by atoms with E-state index in [1.807, 2.05) is 36.6 Å². The lowest BCUT2D eigenvalue weighted by Crippen LogP contribution is -2.37. The highest BCUT2D eigenvalue weighted by Gasteiger charge is 1.90. The van der Waals surface area contributed by atoms with Crippen LogP contribution in [0.25, 0.3) is 0 Å². The van der Waals surface area contributed by atoms with Crippen LogP contribution in [0.4, 0.5) is 4.79 Å². The van der Waals surface area contributed by atoms with E-state index in [9.17, 15) is 4.79 Å². The maximum absolute atomic E-state index is 10.6. The maximum atomic E-state index is 10.6. The number of carbonyl (C=O) groups is 1. The summed E-state index contributed by atoms with van der Waals surface area (Å²) in [6.07, 6.45) is 1.54. The summed E-state index contributed by atoms with van der Waals surface area (Å²) in [7, 11) is 0. The van der Waals surface area contributed by atoms with Crippen LogP contribution in [0.3, 0.4) is 0 Å². The fraction of sp³-hybridized carbons (Fsp3) is 0.111. The Morgan fingerprint density at radius 1 is 1.43 bits per heavy atom. The highest BCUT2D eigenvalue weighted by molar-refractivity contribution is 5.81. The first-order valence-electron chi connectivity index (χ1n) is 4.08. The van der Waals surface area contributed by atoms with E-state index in [0.717, 1.165) is 5.56 Å². The average molecular weight is 192 g/mol. The molecule has 0 radical (unpaired) electrons. The second-order valence-corrected chi connectivity index (χ2v) is 2.75. The zero-order valence-electron chi connectivity index (χ0n) is 7.82. The third kappa shape index (κ3) is 3.24. The summed E-state index contributed by atoms with van der Waals surface area (Å²) in [4.78, 5) is 10.6. The van der Waals surface area contributed by atoms with Gasteiger partial charge in [0, 0.05) is 0 Å². The number of hydrogen-bond acceptors (Lipinski definition) is 3. The van der Waals surface area contributed by atoms with Gasteiger partial charge in [-0.15, -0.1) is 0 Å². The smallest absolute Gasteiger partial charge is 0.274 e. The van der Waals surface area contributed by atoms with Crippen molar-refractivity contribution >= 4 is 12.2 Å². The van der Waals surface area contributed by atoms with Crippen molar-refractivity contribution in [1.82, 2.24) is 10.9 Å². The highest BCUT2D eigenvalue weighted by Crippen LogP contribution is 1.99. The van der Waals surface area contributed by atoms with Crippen molar-refractivity contribution in [3.63, 3.8) is 0 Å². The van der Waals surface area contributed by atoms with Crippen LogP contribution in [-0.2, 0) is 0 Å². The summed E-state index contributed by atoms with van der Waals surface area (Å²) < 4.78 is 0. The topological polar surface area (TPSA) is 79.5 Å². The molecule has 0 spiro atoms. The molecule has 0 saturated carbocycles. The van der Waals surface area contributed by atoms with Gasteiger partial charge in [-0.25, -0.2) is 16.1 Å². The van der Waals surface area contributed by atoms with Gasteiger partial charge < -0.3 is 0 Å². The predicted molar refractivity (Wildman–Crippen MR) is 54.6 cm³/mol. The van der Waals surface area contributed by atoms with E-state index in [0.29, 0.717) is 0 Å². The number of nitrogens with two attached hydrogens (primary N) is 1. The van der Waals surface area contributed by atoms with Gasteiger partial charge in [-0.05, 0) is 12.5 Å². The van der Waals surface area contributed by atoms with Gasteiger partial charge in [0.2, 0.25) is 0 Å². The van der Waals surface area contributed by atoms with Gasteiger partial charge >= 0.3 is 6.03 Å². The minimum absolute atomic E-state index is 0.548. The average Bonchev–Trinajstić information content (AvgIpc) is 2.21. The molecule has 0 heterocycles. The summed E-state index contributed by atoms with van der Waals surface area (Å²) >= 11 is 0. The van der Waals surface area contributed by atoms with Crippen LogP contribution >= 0.6 is 0 Å². The molecule has 2 amide bonds. The van der Waals surface area contributed by atoms with Crippen LogP contribution < -0.4 is 16.7 Å². The molecule has 4 N–H and O–H groups in total. The summed E-state index contributed by atoms with van der Waals surface area (Å²) in [5.74, 6) is 4.84. The van der Waals surface area contributed by atoms with E-state index in [2.05, 4.69) is 10.5 Å². The minimum atomic E-state index is -0.548. The third-order valence-corrected chi connectivity index (χ3v) is 1.59. The number of urea groups is 1. The van der Waals surface area contributed by atoms with Crippen molar-refractivity contribution in [3.8, 4) is 0 Å². The molecule has 0 fully saturated rings. The number of amides is 2. The Balaban J connectivity index is 2.52. The van der Waals surface area contributed by atoms with Crippen molar-refractivity contribution in [2.75, 3.05) is 0 Å². The van der Waals surface area contributed by atoms with Crippen LogP contribution in [0.1, 0.15) is 11.1 Å². The Morgan fingerprint density at radius 3 is 2.64 bits per heavy atom. The Bertz CT molecular complexity index is 331. The summed E-state index contributed by atoms with van der Waals surface area (Å²) in [5, 5.41) is 3.67. The van der Waals surface area contributed by atoms with Crippen molar-refractivity contribution in [2.24, 2.45) is 10.9 Å². The zero-order chi connectivity index (χ0) is 10.4. The largest absolute Gasteiger partial charge is 0.349 e. The van der Waals surface area contributed by atoms with Gasteiger partial charge in [0.15, 0.2) is 0 Å². The lowest BCUT2D eigenvalue weighted by Gasteiger charge is -1.96. The molecule has 0 aliphatic rings. The fourth-order valence-corrected chi connectivity index (χ4v) is 0.850. The predicted octanol–water partition coefficient (Wildman–Crippen LogP) is 0.502. The molecule has 74 valence electrons. The first-order chi connectivity index (χ1) is 6.72. The number of hydrogen-bond donors (Lipinski definition) is 3. The molecule has 0 aliphatic carbocycles. The summed E-state index contributed by atoms with van der Waals surface area (Å²) in [6.45, 7) is 2.00. The lowest BCUT2D eigenvalue weighted by atomic mass is 10.2. The van der Waals surface area contributed by atoms with Crippen LogP contribution in [0.2, 0.25) is 0 Å². The van der Waals surface area contributed by atoms with Gasteiger partial charge in [0.1, 0.15) is 0 Å².